The van der Waals surface area contributed by atoms with Crippen molar-refractivity contribution >= 4 is 44.1 Å². The largest absolute Gasteiger partial charge is 0.323 e. The number of nitrogens with zero attached hydrogens (tertiary/aromatic N) is 4. The summed E-state index contributed by atoms with van der Waals surface area (Å²) in [4.78, 5) is 18.6. The van der Waals surface area contributed by atoms with Crippen LogP contribution in [0.5, 0.6) is 0 Å². The number of carbonyl (C=O) groups is 1. The summed E-state index contributed by atoms with van der Waals surface area (Å²) in [6.07, 6.45) is 6.20. The highest BCUT2D eigenvalue weighted by Gasteiger charge is 2.19. The highest BCUT2D eigenvalue weighted by atomic mass is 32.1. The van der Waals surface area contributed by atoms with E-state index in [0.29, 0.717) is 11.7 Å². The molecule has 2 heterocycles. The Morgan fingerprint density at radius 3 is 2.81 bits per heavy atom. The van der Waals surface area contributed by atoms with Gasteiger partial charge in [0.1, 0.15) is 10.0 Å². The van der Waals surface area contributed by atoms with Gasteiger partial charge in [-0.15, -0.1) is 21.5 Å². The topological polar surface area (TPSA) is 71.0 Å². The Hall–Kier alpha value is -2.06. The molecule has 1 aliphatic carbocycles. The standard InChI is InChI=1S/C18H21N5OS2/c1-23(11-16-19-13-8-4-5-9-14(13)25-16)18(24)20-17-22-21-15(26-17)10-12-6-2-3-7-12/h4-5,8-9,12H,2-3,6-7,10-11H2,1H3,(H,20,22,24). The summed E-state index contributed by atoms with van der Waals surface area (Å²) in [5.41, 5.74) is 0.974. The molecular weight excluding hydrogens is 366 g/mol. The van der Waals surface area contributed by atoms with Crippen molar-refractivity contribution in [2.45, 2.75) is 38.6 Å². The van der Waals surface area contributed by atoms with E-state index in [1.165, 1.54) is 37.0 Å². The van der Waals surface area contributed by atoms with Crippen LogP contribution in [-0.2, 0) is 13.0 Å². The second-order valence-corrected chi connectivity index (χ2v) is 8.89. The van der Waals surface area contributed by atoms with E-state index >= 15 is 0 Å². The molecule has 1 aromatic carbocycles. The number of fused-ring (bicyclic) bond motifs is 1. The van der Waals surface area contributed by atoms with Crippen molar-refractivity contribution in [3.8, 4) is 0 Å². The van der Waals surface area contributed by atoms with Gasteiger partial charge >= 0.3 is 6.03 Å². The third kappa shape index (κ3) is 4.02. The number of nitrogens with one attached hydrogen (secondary N) is 1. The number of hydrogen-bond acceptors (Lipinski definition) is 6. The number of amides is 2. The molecule has 3 aromatic rings. The predicted molar refractivity (Wildman–Crippen MR) is 106 cm³/mol. The van der Waals surface area contributed by atoms with E-state index in [0.717, 1.165) is 32.6 Å². The van der Waals surface area contributed by atoms with Gasteiger partial charge in [0.15, 0.2) is 0 Å². The first-order valence-corrected chi connectivity index (χ1v) is 10.5. The van der Waals surface area contributed by atoms with Gasteiger partial charge in [0, 0.05) is 13.5 Å². The molecule has 2 amide bonds. The van der Waals surface area contributed by atoms with E-state index in [1.54, 1.807) is 23.3 Å². The normalized spacial score (nSPS) is 14.8. The van der Waals surface area contributed by atoms with Crippen molar-refractivity contribution in [2.75, 3.05) is 12.4 Å². The molecule has 0 atom stereocenters. The fourth-order valence-corrected chi connectivity index (χ4v) is 5.16. The van der Waals surface area contributed by atoms with Gasteiger partial charge in [0.05, 0.1) is 16.8 Å². The average molecular weight is 388 g/mol. The lowest BCUT2D eigenvalue weighted by Gasteiger charge is -2.14. The maximum absolute atomic E-state index is 12.4. The van der Waals surface area contributed by atoms with Gasteiger partial charge in [0.25, 0.3) is 0 Å². The minimum absolute atomic E-state index is 0.187. The maximum Gasteiger partial charge on any atom is 0.323 e. The van der Waals surface area contributed by atoms with Crippen LogP contribution in [0.2, 0.25) is 0 Å². The maximum atomic E-state index is 12.4. The van der Waals surface area contributed by atoms with Crippen LogP contribution in [0.1, 0.15) is 35.7 Å². The van der Waals surface area contributed by atoms with Crippen LogP contribution in [-0.4, -0.2) is 33.2 Å². The summed E-state index contributed by atoms with van der Waals surface area (Å²) in [5.74, 6) is 0.730. The molecule has 2 aromatic heterocycles. The van der Waals surface area contributed by atoms with Crippen LogP contribution in [0.3, 0.4) is 0 Å². The van der Waals surface area contributed by atoms with Crippen LogP contribution < -0.4 is 5.32 Å². The smallest absolute Gasteiger partial charge is 0.321 e. The van der Waals surface area contributed by atoms with E-state index in [-0.39, 0.29) is 6.03 Å². The van der Waals surface area contributed by atoms with E-state index in [1.807, 2.05) is 24.3 Å². The molecule has 1 N–H and O–H groups in total. The Bertz CT molecular complexity index is 867. The van der Waals surface area contributed by atoms with Crippen LogP contribution in [0, 0.1) is 5.92 Å². The molecule has 1 fully saturated rings. The number of anilines is 1. The number of hydrogen-bond donors (Lipinski definition) is 1. The highest BCUT2D eigenvalue weighted by Crippen LogP contribution is 2.29. The van der Waals surface area contributed by atoms with E-state index in [9.17, 15) is 4.79 Å². The molecule has 0 bridgehead atoms. The summed E-state index contributed by atoms with van der Waals surface area (Å²) >= 11 is 3.09. The second-order valence-electron chi connectivity index (χ2n) is 6.72. The summed E-state index contributed by atoms with van der Waals surface area (Å²) < 4.78 is 1.14. The van der Waals surface area contributed by atoms with E-state index in [4.69, 9.17) is 0 Å². The number of thiazole rings is 1. The van der Waals surface area contributed by atoms with Crippen molar-refractivity contribution in [3.05, 3.63) is 34.3 Å². The number of benzene rings is 1. The van der Waals surface area contributed by atoms with Crippen molar-refractivity contribution in [3.63, 3.8) is 0 Å². The fraction of sp³-hybridized carbons (Fsp3) is 0.444. The van der Waals surface area contributed by atoms with Crippen molar-refractivity contribution in [1.82, 2.24) is 20.1 Å². The molecule has 4 rings (SSSR count). The number of aromatic nitrogens is 3. The molecule has 0 unspecified atom stereocenters. The lowest BCUT2D eigenvalue weighted by Crippen LogP contribution is -2.30. The van der Waals surface area contributed by atoms with Gasteiger partial charge in [-0.2, -0.15) is 0 Å². The first-order chi connectivity index (χ1) is 12.7. The molecule has 26 heavy (non-hydrogen) atoms. The molecule has 6 nitrogen and oxygen atoms in total. The minimum Gasteiger partial charge on any atom is -0.321 e. The predicted octanol–water partition coefficient (Wildman–Crippen LogP) is 4.54. The quantitative estimate of drug-likeness (QED) is 0.697. The lowest BCUT2D eigenvalue weighted by atomic mass is 10.1. The number of rotatable bonds is 5. The summed E-state index contributed by atoms with van der Waals surface area (Å²) in [6, 6.07) is 7.82. The third-order valence-electron chi connectivity index (χ3n) is 4.68. The minimum atomic E-state index is -0.187. The zero-order chi connectivity index (χ0) is 17.9. The average Bonchev–Trinajstić information content (AvgIpc) is 3.36. The van der Waals surface area contributed by atoms with Gasteiger partial charge in [-0.05, 0) is 18.1 Å². The number of para-hydroxylation sites is 1. The molecule has 8 heteroatoms. The molecule has 1 saturated carbocycles. The van der Waals surface area contributed by atoms with Crippen molar-refractivity contribution < 1.29 is 4.79 Å². The lowest BCUT2D eigenvalue weighted by molar-refractivity contribution is 0.220. The summed E-state index contributed by atoms with van der Waals surface area (Å²) in [7, 11) is 1.77. The number of urea groups is 1. The Kier molecular flexibility index (Phi) is 5.12. The number of carbonyl (C=O) groups excluding carboxylic acids is 1. The first kappa shape index (κ1) is 17.4. The summed E-state index contributed by atoms with van der Waals surface area (Å²) in [6.45, 7) is 0.471. The molecular formula is C18H21N5OS2. The molecule has 0 aliphatic heterocycles. The van der Waals surface area contributed by atoms with Crippen LogP contribution in [0.25, 0.3) is 10.2 Å². The Balaban J connectivity index is 1.34. The zero-order valence-electron chi connectivity index (χ0n) is 14.6. The fourth-order valence-electron chi connectivity index (χ4n) is 3.30. The van der Waals surface area contributed by atoms with E-state index in [2.05, 4.69) is 20.5 Å². The van der Waals surface area contributed by atoms with Gasteiger partial charge < -0.3 is 4.90 Å². The second kappa shape index (κ2) is 7.67. The highest BCUT2D eigenvalue weighted by molar-refractivity contribution is 7.18. The molecule has 0 saturated heterocycles. The van der Waals surface area contributed by atoms with Gasteiger partial charge in [-0.25, -0.2) is 9.78 Å². The van der Waals surface area contributed by atoms with Gasteiger partial charge in [-0.3, -0.25) is 5.32 Å². The Morgan fingerprint density at radius 2 is 2.00 bits per heavy atom. The van der Waals surface area contributed by atoms with E-state index < -0.39 is 0 Å². The van der Waals surface area contributed by atoms with Crippen LogP contribution in [0.15, 0.2) is 24.3 Å². The van der Waals surface area contributed by atoms with Crippen molar-refractivity contribution in [1.29, 1.82) is 0 Å². The monoisotopic (exact) mass is 387 g/mol. The Labute approximate surface area is 160 Å². The van der Waals surface area contributed by atoms with Gasteiger partial charge in [-0.1, -0.05) is 49.2 Å². The Morgan fingerprint density at radius 1 is 1.19 bits per heavy atom. The van der Waals surface area contributed by atoms with Gasteiger partial charge in [0.2, 0.25) is 5.13 Å². The molecule has 0 radical (unpaired) electrons. The molecule has 0 spiro atoms. The molecule has 136 valence electrons. The first-order valence-electron chi connectivity index (χ1n) is 8.86. The van der Waals surface area contributed by atoms with Crippen molar-refractivity contribution in [2.24, 2.45) is 5.92 Å². The third-order valence-corrected chi connectivity index (χ3v) is 6.56. The molecule has 1 aliphatic rings. The summed E-state index contributed by atoms with van der Waals surface area (Å²) in [5, 5.41) is 13.7. The van der Waals surface area contributed by atoms with Crippen LogP contribution >= 0.6 is 22.7 Å². The van der Waals surface area contributed by atoms with Crippen LogP contribution in [0.4, 0.5) is 9.93 Å². The zero-order valence-corrected chi connectivity index (χ0v) is 16.3. The SMILES string of the molecule is CN(Cc1nc2ccccc2s1)C(=O)Nc1nnc(CC2CCCC2)s1.